The summed E-state index contributed by atoms with van der Waals surface area (Å²) in [4.78, 5) is 35.4. The number of nitrogens with two attached hydrogens (primary N) is 1. The van der Waals surface area contributed by atoms with E-state index in [1.54, 1.807) is 34.9 Å². The number of para-hydroxylation sites is 1. The quantitative estimate of drug-likeness (QED) is 0.211. The summed E-state index contributed by atoms with van der Waals surface area (Å²) >= 11 is 0. The molecule has 2 heterocycles. The first-order valence-electron chi connectivity index (χ1n) is 14.3. The van der Waals surface area contributed by atoms with Crippen LogP contribution < -0.4 is 21.5 Å². The van der Waals surface area contributed by atoms with Crippen molar-refractivity contribution in [1.29, 1.82) is 5.26 Å². The number of benzene rings is 2. The normalized spacial score (nSPS) is 17.4. The third-order valence-corrected chi connectivity index (χ3v) is 7.52. The highest BCUT2D eigenvalue weighted by atomic mass is 16.5. The SMILES string of the molecule is CCOC(C)(C)C=C(C#N)C(=O)NC1CCC(n2c(=O)n(-c3ccc(Oc4ccccc4)cc3)c3c(N)ncnc32)CC1. The van der Waals surface area contributed by atoms with E-state index < -0.39 is 11.5 Å². The van der Waals surface area contributed by atoms with E-state index in [-0.39, 0.29) is 29.2 Å². The van der Waals surface area contributed by atoms with Crippen LogP contribution in [0.4, 0.5) is 5.82 Å². The smallest absolute Gasteiger partial charge is 0.335 e. The number of ether oxygens (including phenoxy) is 2. The summed E-state index contributed by atoms with van der Waals surface area (Å²) in [6, 6.07) is 18.4. The number of nitrogens with zero attached hydrogens (tertiary/aromatic N) is 5. The van der Waals surface area contributed by atoms with Crippen LogP contribution in [0.3, 0.4) is 0 Å². The second-order valence-electron chi connectivity index (χ2n) is 11.0. The van der Waals surface area contributed by atoms with Crippen molar-refractivity contribution in [3.05, 3.63) is 83.1 Å². The Morgan fingerprint density at radius 2 is 1.77 bits per heavy atom. The summed E-state index contributed by atoms with van der Waals surface area (Å²) in [6.07, 6.45) is 5.45. The summed E-state index contributed by atoms with van der Waals surface area (Å²) in [7, 11) is 0. The largest absolute Gasteiger partial charge is 0.457 e. The predicted molar refractivity (Wildman–Crippen MR) is 163 cm³/mol. The van der Waals surface area contributed by atoms with Gasteiger partial charge in [0.15, 0.2) is 11.5 Å². The van der Waals surface area contributed by atoms with Gasteiger partial charge >= 0.3 is 5.69 Å². The molecule has 3 N–H and O–H groups in total. The third kappa shape index (κ3) is 6.44. The Morgan fingerprint density at radius 3 is 2.42 bits per heavy atom. The highest BCUT2D eigenvalue weighted by molar-refractivity contribution is 5.97. The van der Waals surface area contributed by atoms with E-state index in [1.807, 2.05) is 57.2 Å². The fraction of sp³-hybridized carbons (Fsp3) is 0.344. The van der Waals surface area contributed by atoms with Gasteiger partial charge in [-0.3, -0.25) is 13.9 Å². The minimum atomic E-state index is -0.733. The number of carbonyl (C=O) groups is 1. The number of hydrogen-bond acceptors (Lipinski definition) is 8. The second kappa shape index (κ2) is 12.5. The lowest BCUT2D eigenvalue weighted by atomic mass is 9.90. The van der Waals surface area contributed by atoms with Gasteiger partial charge in [-0.05, 0) is 88.9 Å². The van der Waals surface area contributed by atoms with Crippen LogP contribution in [-0.2, 0) is 9.53 Å². The van der Waals surface area contributed by atoms with E-state index in [0.717, 1.165) is 0 Å². The number of nitrogen functional groups attached to an aromatic ring is 1. The van der Waals surface area contributed by atoms with E-state index in [9.17, 15) is 14.9 Å². The minimum absolute atomic E-state index is 0.0206. The number of hydrogen-bond donors (Lipinski definition) is 2. The average Bonchev–Trinajstić information content (AvgIpc) is 3.30. The molecule has 0 saturated heterocycles. The topological polar surface area (TPSA) is 150 Å². The average molecular weight is 582 g/mol. The summed E-state index contributed by atoms with van der Waals surface area (Å²) in [6.45, 7) is 5.95. The molecule has 0 aliphatic heterocycles. The lowest BCUT2D eigenvalue weighted by molar-refractivity contribution is -0.118. The molecule has 222 valence electrons. The van der Waals surface area contributed by atoms with Gasteiger partial charge in [-0.2, -0.15) is 5.26 Å². The van der Waals surface area contributed by atoms with Gasteiger partial charge in [-0.25, -0.2) is 14.8 Å². The summed E-state index contributed by atoms with van der Waals surface area (Å²) in [5.41, 5.74) is 6.82. The van der Waals surface area contributed by atoms with Gasteiger partial charge in [0.2, 0.25) is 0 Å². The van der Waals surface area contributed by atoms with Crippen molar-refractivity contribution in [2.45, 2.75) is 64.1 Å². The number of imidazole rings is 1. The molecular weight excluding hydrogens is 546 g/mol. The van der Waals surface area contributed by atoms with Crippen molar-refractivity contribution in [2.24, 2.45) is 0 Å². The van der Waals surface area contributed by atoms with Crippen molar-refractivity contribution < 1.29 is 14.3 Å². The number of carbonyl (C=O) groups excluding carboxylic acids is 1. The van der Waals surface area contributed by atoms with E-state index in [0.29, 0.717) is 60.6 Å². The van der Waals surface area contributed by atoms with Gasteiger partial charge in [0.05, 0.1) is 11.3 Å². The molecule has 2 aromatic heterocycles. The molecule has 5 rings (SSSR count). The van der Waals surface area contributed by atoms with Crippen molar-refractivity contribution in [3.63, 3.8) is 0 Å². The number of amides is 1. The van der Waals surface area contributed by atoms with Crippen LogP contribution in [0.1, 0.15) is 52.5 Å². The lowest BCUT2D eigenvalue weighted by Gasteiger charge is -2.29. The number of nitrogens with one attached hydrogen (secondary N) is 1. The summed E-state index contributed by atoms with van der Waals surface area (Å²) in [5, 5.41) is 12.6. The molecule has 1 fully saturated rings. The van der Waals surface area contributed by atoms with Gasteiger partial charge in [0.1, 0.15) is 35.0 Å². The zero-order valence-electron chi connectivity index (χ0n) is 24.5. The molecule has 0 bridgehead atoms. The molecule has 11 nitrogen and oxygen atoms in total. The Bertz CT molecular complexity index is 1730. The highest BCUT2D eigenvalue weighted by Crippen LogP contribution is 2.32. The Labute approximate surface area is 249 Å². The monoisotopic (exact) mass is 581 g/mol. The van der Waals surface area contributed by atoms with Gasteiger partial charge in [-0.15, -0.1) is 0 Å². The molecule has 4 aromatic rings. The van der Waals surface area contributed by atoms with Crippen molar-refractivity contribution in [1.82, 2.24) is 24.4 Å². The molecule has 1 aliphatic rings. The summed E-state index contributed by atoms with van der Waals surface area (Å²) < 4.78 is 14.7. The molecular formula is C32H35N7O4. The van der Waals surface area contributed by atoms with Crippen molar-refractivity contribution in [3.8, 4) is 23.3 Å². The van der Waals surface area contributed by atoms with Crippen LogP contribution in [-0.4, -0.2) is 43.3 Å². The van der Waals surface area contributed by atoms with Gasteiger partial charge < -0.3 is 20.5 Å². The van der Waals surface area contributed by atoms with Crippen molar-refractivity contribution >= 4 is 22.9 Å². The molecule has 2 aromatic carbocycles. The molecule has 1 saturated carbocycles. The van der Waals surface area contributed by atoms with E-state index in [2.05, 4.69) is 15.3 Å². The lowest BCUT2D eigenvalue weighted by Crippen LogP contribution is -2.40. The Hall–Kier alpha value is -4.95. The van der Waals surface area contributed by atoms with Gasteiger partial charge in [-0.1, -0.05) is 18.2 Å². The van der Waals surface area contributed by atoms with E-state index in [4.69, 9.17) is 15.2 Å². The minimum Gasteiger partial charge on any atom is -0.457 e. The maximum Gasteiger partial charge on any atom is 0.335 e. The molecule has 1 amide bonds. The Balaban J connectivity index is 1.35. The van der Waals surface area contributed by atoms with Crippen LogP contribution in [0.25, 0.3) is 16.9 Å². The van der Waals surface area contributed by atoms with Gasteiger partial charge in [0, 0.05) is 18.7 Å². The Kier molecular flexibility index (Phi) is 8.59. The van der Waals surface area contributed by atoms with Crippen molar-refractivity contribution in [2.75, 3.05) is 12.3 Å². The van der Waals surface area contributed by atoms with Crippen LogP contribution in [0.5, 0.6) is 11.5 Å². The molecule has 0 atom stereocenters. The second-order valence-corrected chi connectivity index (χ2v) is 11.0. The highest BCUT2D eigenvalue weighted by Gasteiger charge is 2.30. The number of aromatic nitrogens is 4. The first-order valence-corrected chi connectivity index (χ1v) is 14.3. The fourth-order valence-electron chi connectivity index (χ4n) is 5.58. The molecule has 0 radical (unpaired) electrons. The van der Waals surface area contributed by atoms with Crippen LogP contribution >= 0.6 is 0 Å². The Morgan fingerprint density at radius 1 is 1.09 bits per heavy atom. The fourth-order valence-corrected chi connectivity index (χ4v) is 5.58. The molecule has 1 aliphatic carbocycles. The number of anilines is 1. The summed E-state index contributed by atoms with van der Waals surface area (Å²) in [5.74, 6) is 1.12. The van der Waals surface area contributed by atoms with Crippen LogP contribution in [0.2, 0.25) is 0 Å². The molecule has 0 unspecified atom stereocenters. The zero-order chi connectivity index (χ0) is 30.6. The first-order chi connectivity index (χ1) is 20.7. The molecule has 11 heteroatoms. The van der Waals surface area contributed by atoms with E-state index >= 15 is 0 Å². The number of rotatable bonds is 9. The van der Waals surface area contributed by atoms with Crippen LogP contribution in [0.15, 0.2) is 77.4 Å². The predicted octanol–water partition coefficient (Wildman–Crippen LogP) is 4.82. The first kappa shape index (κ1) is 29.5. The zero-order valence-corrected chi connectivity index (χ0v) is 24.5. The molecule has 43 heavy (non-hydrogen) atoms. The number of nitriles is 1. The van der Waals surface area contributed by atoms with E-state index in [1.165, 1.54) is 10.9 Å². The maximum atomic E-state index is 13.9. The van der Waals surface area contributed by atoms with Crippen LogP contribution in [0, 0.1) is 11.3 Å². The number of fused-ring (bicyclic) bond motifs is 1. The molecule has 0 spiro atoms. The van der Waals surface area contributed by atoms with Gasteiger partial charge in [0.25, 0.3) is 5.91 Å². The maximum absolute atomic E-state index is 13.9. The standard InChI is InChI=1S/C32H35N7O4/c1-4-42-32(2,3)18-21(19-33)30(40)37-22-10-12-24(13-11-22)39-29-27(28(34)35-20-36-29)38(31(39)41)23-14-16-26(17-15-23)43-25-8-6-5-7-9-25/h5-9,14-18,20,22,24H,4,10-13H2,1-3H3,(H,37,40)(H2,34,35,36). The third-order valence-electron chi connectivity index (χ3n) is 7.52.